The Kier molecular flexibility index (Phi) is 2.49. The Bertz CT molecular complexity index is 1070. The van der Waals surface area contributed by atoms with Crippen LogP contribution in [-0.2, 0) is 0 Å². The van der Waals surface area contributed by atoms with Crippen LogP contribution in [0.2, 0.25) is 0 Å². The van der Waals surface area contributed by atoms with Crippen LogP contribution in [-0.4, -0.2) is 0 Å². The van der Waals surface area contributed by atoms with Gasteiger partial charge < -0.3 is 0 Å². The minimum atomic E-state index is 1.32. The number of hydrogen-bond acceptors (Lipinski definition) is 0. The van der Waals surface area contributed by atoms with Crippen LogP contribution in [0.25, 0.3) is 43.1 Å². The van der Waals surface area contributed by atoms with E-state index in [0.29, 0.717) is 0 Å². The normalized spacial score (nSPS) is 12.1. The minimum absolute atomic E-state index is 1.32. The summed E-state index contributed by atoms with van der Waals surface area (Å²) < 4.78 is 1.32. The second-order valence-electron chi connectivity index (χ2n) is 5.98. The van der Waals surface area contributed by atoms with Gasteiger partial charge in [0.1, 0.15) is 0 Å². The van der Waals surface area contributed by atoms with Crippen molar-refractivity contribution in [1.29, 1.82) is 0 Å². The second kappa shape index (κ2) is 4.32. The number of fused-ring (bicyclic) bond motifs is 2. The van der Waals surface area contributed by atoms with Crippen LogP contribution in [0.5, 0.6) is 0 Å². The van der Waals surface area contributed by atoms with Crippen molar-refractivity contribution in [3.63, 3.8) is 0 Å². The van der Waals surface area contributed by atoms with Gasteiger partial charge in [-0.15, -0.1) is 0 Å². The first kappa shape index (κ1) is 12.7. The van der Waals surface area contributed by atoms with Crippen molar-refractivity contribution in [1.82, 2.24) is 0 Å². The minimum Gasteiger partial charge on any atom is -0.0610 e. The van der Waals surface area contributed by atoms with Gasteiger partial charge in [-0.1, -0.05) is 54.6 Å². The fraction of sp³-hybridized carbons (Fsp3) is 0.0476. The molecule has 5 aromatic carbocycles. The molecule has 104 valence electrons. The fourth-order valence-corrected chi connectivity index (χ4v) is 4.45. The van der Waals surface area contributed by atoms with Crippen molar-refractivity contribution in [2.45, 2.75) is 6.92 Å². The zero-order valence-electron chi connectivity index (χ0n) is 12.2. The Hall–Kier alpha value is -1.87. The molecule has 0 heterocycles. The lowest BCUT2D eigenvalue weighted by molar-refractivity contribution is 1.55. The van der Waals surface area contributed by atoms with Crippen molar-refractivity contribution < 1.29 is 0 Å². The first-order valence-electron chi connectivity index (χ1n) is 7.50. The lowest BCUT2D eigenvalue weighted by Gasteiger charge is -2.15. The van der Waals surface area contributed by atoms with Crippen LogP contribution >= 0.6 is 22.6 Å². The average Bonchev–Trinajstić information content (AvgIpc) is 2.55. The Morgan fingerprint density at radius 3 is 1.77 bits per heavy atom. The second-order valence-corrected chi connectivity index (χ2v) is 7.14. The Morgan fingerprint density at radius 1 is 0.545 bits per heavy atom. The van der Waals surface area contributed by atoms with Gasteiger partial charge >= 0.3 is 0 Å². The van der Waals surface area contributed by atoms with E-state index >= 15 is 0 Å². The van der Waals surface area contributed by atoms with Crippen molar-refractivity contribution in [2.75, 3.05) is 0 Å². The van der Waals surface area contributed by atoms with Crippen LogP contribution in [0.4, 0.5) is 0 Å². The smallest absolute Gasteiger partial charge is 0.0209 e. The molecule has 0 saturated heterocycles. The SMILES string of the molecule is Cc1ccc2c3cccc4c(I)ccc(c5cccc1c25)c43. The zero-order valence-corrected chi connectivity index (χ0v) is 14.3. The van der Waals surface area contributed by atoms with E-state index in [0.717, 1.165) is 0 Å². The molecule has 0 nitrogen and oxygen atoms in total. The molecule has 0 unspecified atom stereocenters. The van der Waals surface area contributed by atoms with E-state index in [1.807, 2.05) is 0 Å². The maximum atomic E-state index is 2.44. The summed E-state index contributed by atoms with van der Waals surface area (Å²) in [4.78, 5) is 0. The van der Waals surface area contributed by atoms with E-state index in [9.17, 15) is 0 Å². The predicted molar refractivity (Wildman–Crippen MR) is 105 cm³/mol. The van der Waals surface area contributed by atoms with E-state index < -0.39 is 0 Å². The highest BCUT2D eigenvalue weighted by molar-refractivity contribution is 14.1. The summed E-state index contributed by atoms with van der Waals surface area (Å²) >= 11 is 2.44. The van der Waals surface area contributed by atoms with Crippen LogP contribution in [0.15, 0.2) is 60.7 Å². The Morgan fingerprint density at radius 2 is 1.05 bits per heavy atom. The molecule has 5 rings (SSSR count). The van der Waals surface area contributed by atoms with Gasteiger partial charge in [-0.25, -0.2) is 0 Å². The number of rotatable bonds is 0. The highest BCUT2D eigenvalue weighted by Crippen LogP contribution is 2.41. The third-order valence-electron chi connectivity index (χ3n) is 4.83. The fourth-order valence-electron chi connectivity index (χ4n) is 3.82. The molecule has 0 fully saturated rings. The molecule has 0 aliphatic rings. The van der Waals surface area contributed by atoms with Gasteiger partial charge in [0.15, 0.2) is 0 Å². The first-order chi connectivity index (χ1) is 10.8. The van der Waals surface area contributed by atoms with E-state index in [1.54, 1.807) is 0 Å². The van der Waals surface area contributed by atoms with E-state index in [-0.39, 0.29) is 0 Å². The third kappa shape index (κ3) is 1.47. The molecule has 0 amide bonds. The topological polar surface area (TPSA) is 0 Å². The van der Waals surface area contributed by atoms with Gasteiger partial charge in [0, 0.05) is 3.57 Å². The number of halogens is 1. The maximum Gasteiger partial charge on any atom is 0.0209 e. The molecule has 0 radical (unpaired) electrons. The molecule has 0 atom stereocenters. The largest absolute Gasteiger partial charge is 0.0610 e. The molecule has 0 aromatic heterocycles. The monoisotopic (exact) mass is 392 g/mol. The molecule has 22 heavy (non-hydrogen) atoms. The van der Waals surface area contributed by atoms with Crippen molar-refractivity contribution in [2.24, 2.45) is 0 Å². The average molecular weight is 392 g/mol. The highest BCUT2D eigenvalue weighted by atomic mass is 127. The van der Waals surface area contributed by atoms with Gasteiger partial charge in [-0.3, -0.25) is 0 Å². The van der Waals surface area contributed by atoms with E-state index in [1.165, 1.54) is 52.2 Å². The van der Waals surface area contributed by atoms with Crippen molar-refractivity contribution in [3.05, 3.63) is 69.8 Å². The van der Waals surface area contributed by atoms with Crippen LogP contribution in [0.1, 0.15) is 5.56 Å². The van der Waals surface area contributed by atoms with Crippen LogP contribution < -0.4 is 0 Å². The molecule has 5 aromatic rings. The summed E-state index contributed by atoms with van der Waals surface area (Å²) in [6.07, 6.45) is 0. The summed E-state index contributed by atoms with van der Waals surface area (Å²) in [5.41, 5.74) is 1.35. The van der Waals surface area contributed by atoms with Crippen molar-refractivity contribution in [3.8, 4) is 0 Å². The Balaban J connectivity index is 2.28. The predicted octanol–water partition coefficient (Wildman–Crippen LogP) is 6.65. The van der Waals surface area contributed by atoms with Gasteiger partial charge in [0.05, 0.1) is 0 Å². The van der Waals surface area contributed by atoms with Gasteiger partial charge in [-0.2, -0.15) is 0 Å². The highest BCUT2D eigenvalue weighted by Gasteiger charge is 2.14. The van der Waals surface area contributed by atoms with E-state index in [2.05, 4.69) is 90.2 Å². The molecule has 0 saturated carbocycles. The lowest BCUT2D eigenvalue weighted by atomic mass is 9.89. The maximum absolute atomic E-state index is 2.44. The summed E-state index contributed by atoms with van der Waals surface area (Å²) in [7, 11) is 0. The molecule has 0 aliphatic carbocycles. The summed E-state index contributed by atoms with van der Waals surface area (Å²) in [6.45, 7) is 2.20. The lowest BCUT2D eigenvalue weighted by Crippen LogP contribution is -1.89. The third-order valence-corrected chi connectivity index (χ3v) is 5.77. The molecular formula is C21H13I. The number of benzene rings is 5. The molecular weight excluding hydrogens is 379 g/mol. The molecule has 0 N–H and O–H groups in total. The molecule has 0 bridgehead atoms. The van der Waals surface area contributed by atoms with Crippen molar-refractivity contribution >= 4 is 65.7 Å². The first-order valence-corrected chi connectivity index (χ1v) is 8.58. The van der Waals surface area contributed by atoms with E-state index in [4.69, 9.17) is 0 Å². The van der Waals surface area contributed by atoms with Gasteiger partial charge in [0.25, 0.3) is 0 Å². The van der Waals surface area contributed by atoms with Gasteiger partial charge in [0.2, 0.25) is 0 Å². The summed E-state index contributed by atoms with van der Waals surface area (Å²) in [6, 6.07) is 22.5. The van der Waals surface area contributed by atoms with Crippen LogP contribution in [0.3, 0.4) is 0 Å². The Labute approximate surface area is 142 Å². The van der Waals surface area contributed by atoms with Crippen LogP contribution in [0, 0.1) is 10.5 Å². The summed E-state index contributed by atoms with van der Waals surface area (Å²) in [5.74, 6) is 0. The quantitative estimate of drug-likeness (QED) is 0.157. The van der Waals surface area contributed by atoms with Gasteiger partial charge in [-0.05, 0) is 84.2 Å². The molecule has 0 spiro atoms. The number of aryl methyl sites for hydroxylation is 1. The molecule has 0 aliphatic heterocycles. The summed E-state index contributed by atoms with van der Waals surface area (Å²) in [5, 5.41) is 11.0. The standard InChI is InChI=1S/C21H13I/c1-12-8-9-16-15-6-3-7-18-19(22)11-10-17(21(15)18)14-5-2-4-13(12)20(14)16/h2-11H,1H3. The zero-order chi connectivity index (χ0) is 14.8. The number of hydrogen-bond donors (Lipinski definition) is 0. The molecule has 1 heteroatoms.